The van der Waals surface area contributed by atoms with Gasteiger partial charge in [0.05, 0.1) is 25.9 Å². The van der Waals surface area contributed by atoms with Gasteiger partial charge in [0.15, 0.2) is 5.12 Å². The average Bonchev–Trinajstić information content (AvgIpc) is 2.77. The van der Waals surface area contributed by atoms with E-state index in [4.69, 9.17) is 9.47 Å². The van der Waals surface area contributed by atoms with E-state index in [9.17, 15) is 4.79 Å². The number of benzene rings is 1. The van der Waals surface area contributed by atoms with Crippen LogP contribution in [-0.2, 0) is 20.9 Å². The molecule has 1 heterocycles. The normalized spacial score (nSPS) is 23.2. The molecule has 0 N–H and O–H groups in total. The van der Waals surface area contributed by atoms with Gasteiger partial charge in [0.25, 0.3) is 0 Å². The minimum absolute atomic E-state index is 0.0607. The summed E-state index contributed by atoms with van der Waals surface area (Å²) in [7, 11) is 0. The summed E-state index contributed by atoms with van der Waals surface area (Å²) in [6.45, 7) is 1.84. The molecule has 0 unspecified atom stereocenters. The lowest BCUT2D eigenvalue weighted by molar-refractivity contribution is -0.111. The quantitative estimate of drug-likeness (QED) is 0.803. The van der Waals surface area contributed by atoms with Crippen molar-refractivity contribution in [1.82, 2.24) is 0 Å². The van der Waals surface area contributed by atoms with Gasteiger partial charge in [-0.25, -0.2) is 0 Å². The Bertz CT molecular complexity index is 380. The highest BCUT2D eigenvalue weighted by molar-refractivity contribution is 7.96. The first kappa shape index (κ1) is 13.6. The zero-order valence-electron chi connectivity index (χ0n) is 10.2. The van der Waals surface area contributed by atoms with E-state index >= 15 is 0 Å². The lowest BCUT2D eigenvalue weighted by Gasteiger charge is -2.10. The third kappa shape index (κ3) is 4.44. The molecule has 1 aromatic carbocycles. The molecule has 2 rings (SSSR count). The smallest absolute Gasteiger partial charge is 0.186 e. The molecule has 3 nitrogen and oxygen atoms in total. The Labute approximate surface area is 113 Å². The summed E-state index contributed by atoms with van der Waals surface area (Å²) in [5, 5.41) is -0.0607. The van der Waals surface area contributed by atoms with E-state index < -0.39 is 0 Å². The Hall–Kier alpha value is -0.840. The number of hydrogen-bond donors (Lipinski definition) is 1. The number of hydrogen-bond acceptors (Lipinski definition) is 3. The van der Waals surface area contributed by atoms with E-state index in [-0.39, 0.29) is 11.2 Å². The van der Waals surface area contributed by atoms with Crippen molar-refractivity contribution in [2.24, 2.45) is 5.92 Å². The van der Waals surface area contributed by atoms with Crippen molar-refractivity contribution in [2.45, 2.75) is 25.6 Å². The summed E-state index contributed by atoms with van der Waals surface area (Å²) in [5.74, 6) is 0.306. The van der Waals surface area contributed by atoms with Crippen molar-refractivity contribution in [3.8, 4) is 0 Å². The van der Waals surface area contributed by atoms with Gasteiger partial charge in [0, 0.05) is 6.42 Å². The molecule has 0 bridgehead atoms. The second kappa shape index (κ2) is 6.92. The SMILES string of the molecule is O=C(S)C[C@H]1CO[C@@H](COCc2ccccc2)C1. The summed E-state index contributed by atoms with van der Waals surface area (Å²) in [5.41, 5.74) is 1.16. The van der Waals surface area contributed by atoms with Crippen molar-refractivity contribution in [3.05, 3.63) is 35.9 Å². The first-order valence-electron chi connectivity index (χ1n) is 6.19. The number of ether oxygens (including phenoxy) is 2. The van der Waals surface area contributed by atoms with Crippen LogP contribution in [0.3, 0.4) is 0 Å². The summed E-state index contributed by atoms with van der Waals surface area (Å²) >= 11 is 3.80. The zero-order valence-corrected chi connectivity index (χ0v) is 11.1. The molecule has 2 atom stereocenters. The average molecular weight is 266 g/mol. The Kier molecular flexibility index (Phi) is 5.23. The molecule has 0 saturated carbocycles. The van der Waals surface area contributed by atoms with Crippen molar-refractivity contribution >= 4 is 17.7 Å². The summed E-state index contributed by atoms with van der Waals surface area (Å²) in [6, 6.07) is 10.1. The molecular weight excluding hydrogens is 248 g/mol. The first-order valence-corrected chi connectivity index (χ1v) is 6.64. The highest BCUT2D eigenvalue weighted by Crippen LogP contribution is 2.23. The third-order valence-electron chi connectivity index (χ3n) is 3.04. The van der Waals surface area contributed by atoms with Crippen LogP contribution in [0.25, 0.3) is 0 Å². The van der Waals surface area contributed by atoms with Crippen LogP contribution in [0.4, 0.5) is 0 Å². The van der Waals surface area contributed by atoms with Crippen molar-refractivity contribution < 1.29 is 14.3 Å². The van der Waals surface area contributed by atoms with Gasteiger partial charge in [-0.1, -0.05) is 30.3 Å². The van der Waals surface area contributed by atoms with Crippen LogP contribution in [0.1, 0.15) is 18.4 Å². The predicted molar refractivity (Wildman–Crippen MR) is 72.6 cm³/mol. The van der Waals surface area contributed by atoms with Gasteiger partial charge in [0.1, 0.15) is 0 Å². The molecule has 1 saturated heterocycles. The molecule has 98 valence electrons. The van der Waals surface area contributed by atoms with Crippen LogP contribution in [-0.4, -0.2) is 24.4 Å². The van der Waals surface area contributed by atoms with E-state index in [0.717, 1.165) is 12.0 Å². The van der Waals surface area contributed by atoms with Gasteiger partial charge >= 0.3 is 0 Å². The van der Waals surface area contributed by atoms with Gasteiger partial charge in [0.2, 0.25) is 0 Å². The highest BCUT2D eigenvalue weighted by Gasteiger charge is 2.26. The van der Waals surface area contributed by atoms with Crippen molar-refractivity contribution in [3.63, 3.8) is 0 Å². The van der Waals surface area contributed by atoms with E-state index in [2.05, 4.69) is 12.6 Å². The molecule has 0 aliphatic carbocycles. The molecular formula is C14H18O3S. The molecule has 1 aromatic rings. The maximum atomic E-state index is 10.9. The van der Waals surface area contributed by atoms with Crippen LogP contribution >= 0.6 is 12.6 Å². The van der Waals surface area contributed by atoms with Crippen molar-refractivity contribution in [1.29, 1.82) is 0 Å². The van der Waals surface area contributed by atoms with E-state index in [1.807, 2.05) is 30.3 Å². The third-order valence-corrected chi connectivity index (χ3v) is 3.23. The fourth-order valence-electron chi connectivity index (χ4n) is 2.17. The van der Waals surface area contributed by atoms with Crippen LogP contribution in [0.5, 0.6) is 0 Å². The maximum absolute atomic E-state index is 10.9. The topological polar surface area (TPSA) is 35.5 Å². The fraction of sp³-hybridized carbons (Fsp3) is 0.500. The van der Waals surface area contributed by atoms with Gasteiger partial charge in [-0.05, 0) is 17.9 Å². The van der Waals surface area contributed by atoms with E-state index in [1.54, 1.807) is 0 Å². The summed E-state index contributed by atoms with van der Waals surface area (Å²) < 4.78 is 11.2. The monoisotopic (exact) mass is 266 g/mol. The lowest BCUT2D eigenvalue weighted by atomic mass is 10.0. The number of thiol groups is 1. The van der Waals surface area contributed by atoms with Gasteiger partial charge in [-0.15, -0.1) is 12.6 Å². The Morgan fingerprint density at radius 3 is 2.89 bits per heavy atom. The first-order chi connectivity index (χ1) is 8.74. The predicted octanol–water partition coefficient (Wildman–Crippen LogP) is 2.45. The van der Waals surface area contributed by atoms with Crippen LogP contribution in [0, 0.1) is 5.92 Å². The second-order valence-electron chi connectivity index (χ2n) is 4.66. The second-order valence-corrected chi connectivity index (χ2v) is 5.15. The molecule has 4 heteroatoms. The fourth-order valence-corrected chi connectivity index (χ4v) is 2.43. The largest absolute Gasteiger partial charge is 0.376 e. The maximum Gasteiger partial charge on any atom is 0.186 e. The minimum Gasteiger partial charge on any atom is -0.376 e. The Balaban J connectivity index is 1.65. The van der Waals surface area contributed by atoms with E-state index in [0.29, 0.717) is 32.2 Å². The summed E-state index contributed by atoms with van der Waals surface area (Å²) in [6.07, 6.45) is 1.51. The zero-order chi connectivity index (χ0) is 12.8. The van der Waals surface area contributed by atoms with Gasteiger partial charge in [-0.3, -0.25) is 4.79 Å². The standard InChI is InChI=1S/C14H18O3S/c15-14(18)7-12-6-13(17-9-12)10-16-8-11-4-2-1-3-5-11/h1-5,12-13H,6-10H2,(H,15,18)/t12-,13+/m0/s1. The number of carbonyl (C=O) groups is 1. The van der Waals surface area contributed by atoms with Crippen LogP contribution < -0.4 is 0 Å². The molecule has 1 aliphatic rings. The number of rotatable bonds is 6. The van der Waals surface area contributed by atoms with Crippen LogP contribution in [0.15, 0.2) is 30.3 Å². The molecule has 1 fully saturated rings. The minimum atomic E-state index is -0.0607. The lowest BCUT2D eigenvalue weighted by Crippen LogP contribution is -2.14. The Morgan fingerprint density at radius 1 is 1.39 bits per heavy atom. The Morgan fingerprint density at radius 2 is 2.17 bits per heavy atom. The number of carbonyl (C=O) groups excluding carboxylic acids is 1. The molecule has 0 spiro atoms. The van der Waals surface area contributed by atoms with Gasteiger partial charge < -0.3 is 9.47 Å². The molecule has 18 heavy (non-hydrogen) atoms. The molecule has 0 aromatic heterocycles. The van der Waals surface area contributed by atoms with Gasteiger partial charge in [-0.2, -0.15) is 0 Å². The molecule has 0 amide bonds. The van der Waals surface area contributed by atoms with Crippen molar-refractivity contribution in [2.75, 3.05) is 13.2 Å². The summed E-state index contributed by atoms with van der Waals surface area (Å²) in [4.78, 5) is 10.9. The molecule has 0 radical (unpaired) electrons. The molecule has 1 aliphatic heterocycles. The van der Waals surface area contributed by atoms with E-state index in [1.165, 1.54) is 0 Å². The highest BCUT2D eigenvalue weighted by atomic mass is 32.1. The van der Waals surface area contributed by atoms with Crippen LogP contribution in [0.2, 0.25) is 0 Å².